The molecule has 0 bridgehead atoms. The summed E-state index contributed by atoms with van der Waals surface area (Å²) in [5.74, 6) is 0.562. The van der Waals surface area contributed by atoms with Gasteiger partial charge in [0.1, 0.15) is 11.6 Å². The van der Waals surface area contributed by atoms with E-state index in [1.54, 1.807) is 30.6 Å². The molecule has 5 heteroatoms. The highest BCUT2D eigenvalue weighted by atomic mass is 32.1. The molecule has 0 spiro atoms. The van der Waals surface area contributed by atoms with E-state index in [1.165, 1.54) is 22.6 Å². The van der Waals surface area contributed by atoms with Crippen LogP contribution >= 0.6 is 11.3 Å². The summed E-state index contributed by atoms with van der Waals surface area (Å²) < 4.78 is 18.4. The number of carbonyl (C=O) groups excluding carboxylic acids is 1. The van der Waals surface area contributed by atoms with E-state index in [-0.39, 0.29) is 24.2 Å². The van der Waals surface area contributed by atoms with Crippen LogP contribution in [-0.4, -0.2) is 24.5 Å². The summed E-state index contributed by atoms with van der Waals surface area (Å²) in [4.78, 5) is 16.4. The quantitative estimate of drug-likeness (QED) is 0.660. The molecule has 138 valence electrons. The van der Waals surface area contributed by atoms with E-state index in [2.05, 4.69) is 11.4 Å². The second-order valence-electron chi connectivity index (χ2n) is 6.62. The first kappa shape index (κ1) is 17.7. The zero-order valence-electron chi connectivity index (χ0n) is 15.0. The van der Waals surface area contributed by atoms with Crippen molar-refractivity contribution >= 4 is 17.2 Å². The van der Waals surface area contributed by atoms with E-state index in [1.807, 2.05) is 29.2 Å². The molecular weight excluding hydrogens is 361 g/mol. The van der Waals surface area contributed by atoms with Crippen molar-refractivity contribution in [3.8, 4) is 5.75 Å². The van der Waals surface area contributed by atoms with Crippen LogP contribution < -0.4 is 4.74 Å². The summed E-state index contributed by atoms with van der Waals surface area (Å²) in [5.41, 5.74) is 3.09. The fourth-order valence-corrected chi connectivity index (χ4v) is 4.51. The molecule has 0 N–H and O–H groups in total. The minimum Gasteiger partial charge on any atom is -0.497 e. The maximum absolute atomic E-state index is 13.1. The molecule has 3 nitrogen and oxygen atoms in total. The smallest absolute Gasteiger partial charge is 0.227 e. The second-order valence-corrected chi connectivity index (χ2v) is 7.62. The number of ether oxygens (including phenoxy) is 1. The van der Waals surface area contributed by atoms with E-state index in [0.717, 1.165) is 23.3 Å². The van der Waals surface area contributed by atoms with Crippen molar-refractivity contribution in [3.63, 3.8) is 0 Å². The number of thiophene rings is 1. The first-order valence-electron chi connectivity index (χ1n) is 8.90. The van der Waals surface area contributed by atoms with Gasteiger partial charge in [-0.1, -0.05) is 24.3 Å². The third-order valence-electron chi connectivity index (χ3n) is 4.99. The molecule has 0 radical (unpaired) electrons. The maximum atomic E-state index is 13.1. The number of nitrogens with zero attached hydrogens (tertiary/aromatic N) is 1. The van der Waals surface area contributed by atoms with Crippen LogP contribution in [0.2, 0.25) is 0 Å². The Morgan fingerprint density at radius 2 is 1.89 bits per heavy atom. The van der Waals surface area contributed by atoms with Gasteiger partial charge in [-0.05, 0) is 58.8 Å². The number of halogens is 1. The van der Waals surface area contributed by atoms with Gasteiger partial charge in [0, 0.05) is 11.4 Å². The van der Waals surface area contributed by atoms with Crippen molar-refractivity contribution in [2.24, 2.45) is 0 Å². The van der Waals surface area contributed by atoms with Crippen LogP contribution in [0.25, 0.3) is 0 Å². The number of methoxy groups -OCH3 is 1. The monoisotopic (exact) mass is 381 g/mol. The largest absolute Gasteiger partial charge is 0.497 e. The fourth-order valence-electron chi connectivity index (χ4n) is 3.61. The molecule has 2 aromatic carbocycles. The Bertz CT molecular complexity index is 934. The van der Waals surface area contributed by atoms with Crippen LogP contribution in [-0.2, 0) is 17.6 Å². The average molecular weight is 381 g/mol. The highest BCUT2D eigenvalue weighted by molar-refractivity contribution is 7.10. The fraction of sp³-hybridized carbons (Fsp3) is 0.227. The van der Waals surface area contributed by atoms with Crippen LogP contribution in [0.5, 0.6) is 5.75 Å². The number of hydrogen-bond donors (Lipinski definition) is 0. The number of amides is 1. The summed E-state index contributed by atoms with van der Waals surface area (Å²) in [6, 6.07) is 16.1. The lowest BCUT2D eigenvalue weighted by Crippen LogP contribution is -2.40. The normalized spacial score (nSPS) is 16.1. The average Bonchev–Trinajstić information content (AvgIpc) is 3.18. The van der Waals surface area contributed by atoms with Gasteiger partial charge in [0.25, 0.3) is 0 Å². The van der Waals surface area contributed by atoms with Crippen molar-refractivity contribution in [2.45, 2.75) is 18.9 Å². The lowest BCUT2D eigenvalue weighted by atomic mass is 9.92. The Kier molecular flexibility index (Phi) is 4.94. The number of carbonyl (C=O) groups is 1. The molecule has 0 saturated heterocycles. The highest BCUT2D eigenvalue weighted by Crippen LogP contribution is 2.38. The molecule has 3 aromatic rings. The van der Waals surface area contributed by atoms with Gasteiger partial charge < -0.3 is 9.64 Å². The van der Waals surface area contributed by atoms with E-state index >= 15 is 0 Å². The van der Waals surface area contributed by atoms with Gasteiger partial charge >= 0.3 is 0 Å². The summed E-state index contributed by atoms with van der Waals surface area (Å²) in [6.45, 7) is 0.685. The van der Waals surface area contributed by atoms with Crippen molar-refractivity contribution < 1.29 is 13.9 Å². The van der Waals surface area contributed by atoms with Gasteiger partial charge in [-0.2, -0.15) is 0 Å². The second kappa shape index (κ2) is 7.53. The van der Waals surface area contributed by atoms with Crippen LogP contribution in [0.15, 0.2) is 60.0 Å². The van der Waals surface area contributed by atoms with Crippen LogP contribution in [0.3, 0.4) is 0 Å². The third-order valence-corrected chi connectivity index (χ3v) is 5.98. The summed E-state index contributed by atoms with van der Waals surface area (Å²) in [7, 11) is 1.64. The van der Waals surface area contributed by atoms with Crippen molar-refractivity contribution in [1.82, 2.24) is 4.90 Å². The van der Waals surface area contributed by atoms with Gasteiger partial charge in [-0.15, -0.1) is 11.3 Å². The standard InChI is InChI=1S/C22H20FNO2S/c1-26-18-8-4-16(5-9-18)22-19-11-13-27-20(19)10-12-24(22)21(25)14-15-2-6-17(23)7-3-15/h2-9,11,13,22H,10,12,14H2,1H3/t22-/m0/s1. The topological polar surface area (TPSA) is 29.5 Å². The van der Waals surface area contributed by atoms with Gasteiger partial charge in [-0.25, -0.2) is 4.39 Å². The molecule has 0 unspecified atom stereocenters. The van der Waals surface area contributed by atoms with E-state index in [9.17, 15) is 9.18 Å². The van der Waals surface area contributed by atoms with Gasteiger partial charge in [0.05, 0.1) is 19.6 Å². The Morgan fingerprint density at radius 3 is 2.59 bits per heavy atom. The summed E-state index contributed by atoms with van der Waals surface area (Å²) in [5, 5.41) is 2.09. The van der Waals surface area contributed by atoms with E-state index in [4.69, 9.17) is 4.74 Å². The van der Waals surface area contributed by atoms with Gasteiger partial charge in [0.2, 0.25) is 5.91 Å². The predicted octanol–water partition coefficient (Wildman–Crippen LogP) is 4.61. The molecule has 1 amide bonds. The Hall–Kier alpha value is -2.66. The van der Waals surface area contributed by atoms with Gasteiger partial charge in [0.15, 0.2) is 0 Å². The minimum atomic E-state index is -0.289. The molecule has 1 aromatic heterocycles. The number of fused-ring (bicyclic) bond motifs is 1. The zero-order chi connectivity index (χ0) is 18.8. The summed E-state index contributed by atoms with van der Waals surface area (Å²) >= 11 is 1.75. The molecule has 1 atom stereocenters. The van der Waals surface area contributed by atoms with Crippen LogP contribution in [0, 0.1) is 5.82 Å². The van der Waals surface area contributed by atoms with Gasteiger partial charge in [-0.3, -0.25) is 4.79 Å². The molecule has 0 saturated carbocycles. The van der Waals surface area contributed by atoms with Crippen molar-refractivity contribution in [1.29, 1.82) is 0 Å². The molecule has 0 fully saturated rings. The van der Waals surface area contributed by atoms with Crippen molar-refractivity contribution in [2.75, 3.05) is 13.7 Å². The third kappa shape index (κ3) is 3.60. The lowest BCUT2D eigenvalue weighted by Gasteiger charge is -2.36. The first-order chi connectivity index (χ1) is 13.2. The first-order valence-corrected chi connectivity index (χ1v) is 9.78. The SMILES string of the molecule is COc1ccc([C@H]2c3ccsc3CCN2C(=O)Cc2ccc(F)cc2)cc1. The molecule has 27 heavy (non-hydrogen) atoms. The molecule has 1 aliphatic heterocycles. The number of rotatable bonds is 4. The van der Waals surface area contributed by atoms with Crippen LogP contribution in [0.1, 0.15) is 27.6 Å². The highest BCUT2D eigenvalue weighted by Gasteiger charge is 2.32. The molecule has 0 aliphatic carbocycles. The number of hydrogen-bond acceptors (Lipinski definition) is 3. The number of benzene rings is 2. The van der Waals surface area contributed by atoms with Crippen molar-refractivity contribution in [3.05, 3.63) is 87.4 Å². The van der Waals surface area contributed by atoms with Crippen LogP contribution in [0.4, 0.5) is 4.39 Å². The maximum Gasteiger partial charge on any atom is 0.227 e. The molecule has 2 heterocycles. The predicted molar refractivity (Wildman–Crippen MR) is 105 cm³/mol. The summed E-state index contributed by atoms with van der Waals surface area (Å²) in [6.07, 6.45) is 1.14. The van der Waals surface area contributed by atoms with E-state index < -0.39 is 0 Å². The molecule has 4 rings (SSSR count). The Balaban J connectivity index is 1.65. The Morgan fingerprint density at radius 1 is 1.15 bits per heavy atom. The molecule has 1 aliphatic rings. The lowest BCUT2D eigenvalue weighted by molar-refractivity contribution is -0.132. The zero-order valence-corrected chi connectivity index (χ0v) is 15.8. The molecular formula is C22H20FNO2S. The minimum absolute atomic E-state index is 0.0549. The Labute approximate surface area is 162 Å². The van der Waals surface area contributed by atoms with E-state index in [0.29, 0.717) is 6.54 Å².